The number of amides is 1. The van der Waals surface area contributed by atoms with E-state index in [4.69, 9.17) is 10.9 Å². The highest BCUT2D eigenvalue weighted by molar-refractivity contribution is 7.09. The van der Waals surface area contributed by atoms with Crippen LogP contribution in [0.3, 0.4) is 0 Å². The number of carbonyl (C=O) groups excluding carboxylic acids is 1. The standard InChI is InChI=1S/C14H15N3O2S/c15-13(17-19)12(10-5-2-1-3-6-10)14(18)16-9-11-7-4-8-20-11/h1-8,12,19H,9H2,(H2,15,17)(H,16,18). The number of amidine groups is 1. The van der Waals surface area contributed by atoms with E-state index in [0.29, 0.717) is 12.1 Å². The van der Waals surface area contributed by atoms with E-state index in [1.54, 1.807) is 35.6 Å². The summed E-state index contributed by atoms with van der Waals surface area (Å²) in [5.41, 5.74) is 6.33. The van der Waals surface area contributed by atoms with Gasteiger partial charge >= 0.3 is 0 Å². The molecule has 2 aromatic rings. The van der Waals surface area contributed by atoms with Crippen molar-refractivity contribution in [2.45, 2.75) is 12.5 Å². The van der Waals surface area contributed by atoms with Gasteiger partial charge in [0.1, 0.15) is 5.92 Å². The third-order valence-corrected chi connectivity index (χ3v) is 3.70. The van der Waals surface area contributed by atoms with Crippen molar-refractivity contribution in [1.29, 1.82) is 0 Å². The predicted molar refractivity (Wildman–Crippen MR) is 78.8 cm³/mol. The largest absolute Gasteiger partial charge is 0.409 e. The lowest BCUT2D eigenvalue weighted by Gasteiger charge is -2.15. The van der Waals surface area contributed by atoms with Crippen LogP contribution in [0.25, 0.3) is 0 Å². The molecule has 1 aromatic carbocycles. The van der Waals surface area contributed by atoms with Gasteiger partial charge in [0, 0.05) is 4.88 Å². The third-order valence-electron chi connectivity index (χ3n) is 2.82. The van der Waals surface area contributed by atoms with Gasteiger partial charge < -0.3 is 16.3 Å². The Morgan fingerprint density at radius 1 is 1.30 bits per heavy atom. The summed E-state index contributed by atoms with van der Waals surface area (Å²) < 4.78 is 0. The SMILES string of the molecule is NC(=NO)C(C(=O)NCc1cccs1)c1ccccc1. The van der Waals surface area contributed by atoms with Gasteiger partial charge in [-0.15, -0.1) is 11.3 Å². The molecule has 20 heavy (non-hydrogen) atoms. The monoisotopic (exact) mass is 289 g/mol. The molecular weight excluding hydrogens is 274 g/mol. The van der Waals surface area contributed by atoms with E-state index in [-0.39, 0.29) is 11.7 Å². The predicted octanol–water partition coefficient (Wildman–Crippen LogP) is 1.89. The molecule has 0 saturated heterocycles. The van der Waals surface area contributed by atoms with Crippen LogP contribution >= 0.6 is 11.3 Å². The van der Waals surface area contributed by atoms with Crippen molar-refractivity contribution < 1.29 is 10.0 Å². The fourth-order valence-corrected chi connectivity index (χ4v) is 2.49. The number of rotatable bonds is 5. The highest BCUT2D eigenvalue weighted by Gasteiger charge is 2.24. The average Bonchev–Trinajstić information content (AvgIpc) is 2.99. The Morgan fingerprint density at radius 3 is 2.65 bits per heavy atom. The Bertz CT molecular complexity index is 582. The van der Waals surface area contributed by atoms with E-state index in [9.17, 15) is 4.79 Å². The summed E-state index contributed by atoms with van der Waals surface area (Å²) in [7, 11) is 0. The minimum Gasteiger partial charge on any atom is -0.409 e. The Morgan fingerprint density at radius 2 is 2.05 bits per heavy atom. The second-order valence-corrected chi connectivity index (χ2v) is 5.20. The van der Waals surface area contributed by atoms with Crippen molar-refractivity contribution in [3.63, 3.8) is 0 Å². The number of carbonyl (C=O) groups is 1. The first-order valence-corrected chi connectivity index (χ1v) is 6.93. The van der Waals surface area contributed by atoms with Gasteiger partial charge in [-0.25, -0.2) is 0 Å². The van der Waals surface area contributed by atoms with Crippen LogP contribution in [0.5, 0.6) is 0 Å². The van der Waals surface area contributed by atoms with Crippen molar-refractivity contribution >= 4 is 23.1 Å². The lowest BCUT2D eigenvalue weighted by Crippen LogP contribution is -2.36. The number of nitrogens with two attached hydrogens (primary N) is 1. The molecule has 1 amide bonds. The second kappa shape index (κ2) is 6.72. The first-order valence-electron chi connectivity index (χ1n) is 6.05. The highest BCUT2D eigenvalue weighted by atomic mass is 32.1. The van der Waals surface area contributed by atoms with Gasteiger partial charge in [-0.1, -0.05) is 41.6 Å². The minimum atomic E-state index is -0.791. The Balaban J connectivity index is 2.13. The van der Waals surface area contributed by atoms with E-state index in [1.165, 1.54) is 0 Å². The number of thiophene rings is 1. The molecule has 5 nitrogen and oxygen atoms in total. The molecule has 0 spiro atoms. The Labute approximate surface area is 120 Å². The minimum absolute atomic E-state index is 0.125. The van der Waals surface area contributed by atoms with Crippen LogP contribution in [0, 0.1) is 0 Å². The van der Waals surface area contributed by atoms with Crippen LogP contribution in [0.4, 0.5) is 0 Å². The average molecular weight is 289 g/mol. The van der Waals surface area contributed by atoms with Crippen LogP contribution in [0.2, 0.25) is 0 Å². The summed E-state index contributed by atoms with van der Waals surface area (Å²) in [6.07, 6.45) is 0. The highest BCUT2D eigenvalue weighted by Crippen LogP contribution is 2.17. The molecule has 0 bridgehead atoms. The molecule has 0 aliphatic rings. The van der Waals surface area contributed by atoms with Crippen molar-refractivity contribution in [2.75, 3.05) is 0 Å². The molecule has 0 fully saturated rings. The zero-order chi connectivity index (χ0) is 14.4. The number of nitrogens with one attached hydrogen (secondary N) is 1. The fourth-order valence-electron chi connectivity index (χ4n) is 1.85. The van der Waals surface area contributed by atoms with E-state index in [2.05, 4.69) is 10.5 Å². The summed E-state index contributed by atoms with van der Waals surface area (Å²) in [5.74, 6) is -1.21. The quantitative estimate of drug-likeness (QED) is 0.340. The summed E-state index contributed by atoms with van der Waals surface area (Å²) in [4.78, 5) is 13.3. The van der Waals surface area contributed by atoms with Crippen LogP contribution in [0.15, 0.2) is 53.0 Å². The topological polar surface area (TPSA) is 87.7 Å². The zero-order valence-electron chi connectivity index (χ0n) is 10.7. The summed E-state index contributed by atoms with van der Waals surface area (Å²) in [5, 5.41) is 16.6. The van der Waals surface area contributed by atoms with Gasteiger partial charge in [0.25, 0.3) is 0 Å². The second-order valence-electron chi connectivity index (χ2n) is 4.17. The van der Waals surface area contributed by atoms with Gasteiger partial charge in [0.05, 0.1) is 6.54 Å². The van der Waals surface area contributed by atoms with Crippen molar-refractivity contribution in [1.82, 2.24) is 5.32 Å². The molecule has 1 heterocycles. The molecule has 0 radical (unpaired) electrons. The summed E-state index contributed by atoms with van der Waals surface area (Å²) in [6.45, 7) is 0.429. The van der Waals surface area contributed by atoms with Crippen LogP contribution in [0.1, 0.15) is 16.4 Å². The van der Waals surface area contributed by atoms with Gasteiger partial charge in [-0.05, 0) is 17.0 Å². The molecule has 4 N–H and O–H groups in total. The molecule has 0 aliphatic heterocycles. The van der Waals surface area contributed by atoms with Gasteiger partial charge in [-0.3, -0.25) is 4.79 Å². The maximum atomic E-state index is 12.3. The summed E-state index contributed by atoms with van der Waals surface area (Å²) >= 11 is 1.56. The third kappa shape index (κ3) is 3.36. The Kier molecular flexibility index (Phi) is 4.73. The van der Waals surface area contributed by atoms with E-state index >= 15 is 0 Å². The smallest absolute Gasteiger partial charge is 0.235 e. The first kappa shape index (κ1) is 14.1. The molecular formula is C14H15N3O2S. The molecule has 0 saturated carbocycles. The lowest BCUT2D eigenvalue weighted by atomic mass is 9.97. The molecule has 1 unspecified atom stereocenters. The van der Waals surface area contributed by atoms with Crippen LogP contribution in [-0.2, 0) is 11.3 Å². The van der Waals surface area contributed by atoms with Crippen molar-refractivity contribution in [3.8, 4) is 0 Å². The number of oxime groups is 1. The number of hydrogen-bond acceptors (Lipinski definition) is 4. The molecule has 6 heteroatoms. The first-order chi connectivity index (χ1) is 9.72. The van der Waals surface area contributed by atoms with E-state index in [1.807, 2.05) is 23.6 Å². The summed E-state index contributed by atoms with van der Waals surface area (Å²) in [6, 6.07) is 12.9. The van der Waals surface area contributed by atoms with Gasteiger partial charge in [0.2, 0.25) is 5.91 Å². The van der Waals surface area contributed by atoms with Crippen LogP contribution < -0.4 is 11.1 Å². The van der Waals surface area contributed by atoms with Gasteiger partial charge in [-0.2, -0.15) is 0 Å². The van der Waals surface area contributed by atoms with Gasteiger partial charge in [0.15, 0.2) is 5.84 Å². The van der Waals surface area contributed by atoms with Crippen molar-refractivity contribution in [3.05, 3.63) is 58.3 Å². The molecule has 2 rings (SSSR count). The number of benzene rings is 1. The maximum absolute atomic E-state index is 12.3. The maximum Gasteiger partial charge on any atom is 0.235 e. The lowest BCUT2D eigenvalue weighted by molar-refractivity contribution is -0.121. The van der Waals surface area contributed by atoms with Crippen molar-refractivity contribution in [2.24, 2.45) is 10.9 Å². The molecule has 0 aliphatic carbocycles. The normalized spacial score (nSPS) is 12.9. The zero-order valence-corrected chi connectivity index (χ0v) is 11.5. The molecule has 1 atom stereocenters. The fraction of sp³-hybridized carbons (Fsp3) is 0.143. The van der Waals surface area contributed by atoms with Crippen LogP contribution in [-0.4, -0.2) is 17.0 Å². The molecule has 1 aromatic heterocycles. The Hall–Kier alpha value is -2.34. The van der Waals surface area contributed by atoms with E-state index in [0.717, 1.165) is 4.88 Å². The number of nitrogens with zero attached hydrogens (tertiary/aromatic N) is 1. The van der Waals surface area contributed by atoms with E-state index < -0.39 is 5.92 Å². The number of hydrogen-bond donors (Lipinski definition) is 3. The molecule has 104 valence electrons.